The van der Waals surface area contributed by atoms with Gasteiger partial charge in [-0.15, -0.1) is 11.6 Å². The fourth-order valence-electron chi connectivity index (χ4n) is 0.726. The Balaban J connectivity index is 0.000000810. The van der Waals surface area contributed by atoms with Crippen molar-refractivity contribution in [1.82, 2.24) is 0 Å². The number of ether oxygens (including phenoxy) is 1. The third-order valence-corrected chi connectivity index (χ3v) is 1.23. The van der Waals surface area contributed by atoms with Crippen molar-refractivity contribution >= 4 is 0 Å². The van der Waals surface area contributed by atoms with Gasteiger partial charge in [0.2, 0.25) is 0 Å². The van der Waals surface area contributed by atoms with Crippen molar-refractivity contribution in [2.45, 2.75) is 6.92 Å². The molecular formula is C8H9OU-. The molecule has 52 valence electrons. The van der Waals surface area contributed by atoms with Crippen LogP contribution in [0.4, 0.5) is 0 Å². The minimum absolute atomic E-state index is 0. The Hall–Kier alpha value is 0.0719. The molecule has 2 heteroatoms. The molecule has 0 atom stereocenters. The van der Waals surface area contributed by atoms with Gasteiger partial charge in [0, 0.05) is 36.9 Å². The van der Waals surface area contributed by atoms with Crippen molar-refractivity contribution in [3.05, 3.63) is 29.8 Å². The monoisotopic (exact) mass is 359 g/mol. The Morgan fingerprint density at radius 1 is 1.50 bits per heavy atom. The third-order valence-electron chi connectivity index (χ3n) is 1.23. The molecule has 0 aromatic heterocycles. The molecule has 0 fully saturated rings. The third kappa shape index (κ3) is 2.36. The molecule has 0 radical (unpaired) electrons. The van der Waals surface area contributed by atoms with Crippen LogP contribution in [0.1, 0.15) is 5.56 Å². The van der Waals surface area contributed by atoms with Crippen LogP contribution in [0.25, 0.3) is 0 Å². The molecule has 0 aliphatic carbocycles. The summed E-state index contributed by atoms with van der Waals surface area (Å²) >= 11 is 0. The molecule has 0 aliphatic rings. The average Bonchev–Trinajstić information content (AvgIpc) is 1.89. The smallest absolute Gasteiger partial charge is 0.0607 e. The van der Waals surface area contributed by atoms with E-state index in [0.29, 0.717) is 0 Å². The zero-order valence-electron chi connectivity index (χ0n) is 6.14. The molecule has 0 aliphatic heterocycles. The predicted octanol–water partition coefficient (Wildman–Crippen LogP) is 1.80. The molecule has 0 bridgehead atoms. The van der Waals surface area contributed by atoms with Crippen LogP contribution in [0.5, 0.6) is 5.75 Å². The molecule has 0 amide bonds. The summed E-state index contributed by atoms with van der Waals surface area (Å²) in [5.41, 5.74) is 1.06. The van der Waals surface area contributed by atoms with Gasteiger partial charge in [-0.1, -0.05) is 6.92 Å². The van der Waals surface area contributed by atoms with Crippen LogP contribution < -0.4 is 4.74 Å². The van der Waals surface area contributed by atoms with Gasteiger partial charge in [0.05, 0.1) is 7.11 Å². The quantitative estimate of drug-likeness (QED) is 0.695. The van der Waals surface area contributed by atoms with E-state index in [0.717, 1.165) is 11.3 Å². The zero-order chi connectivity index (χ0) is 6.69. The molecule has 0 saturated carbocycles. The summed E-state index contributed by atoms with van der Waals surface area (Å²) in [6, 6.07) is 8.73. The summed E-state index contributed by atoms with van der Waals surface area (Å²) in [4.78, 5) is 0. The number of aryl methyl sites for hydroxylation is 1. The van der Waals surface area contributed by atoms with E-state index in [-0.39, 0.29) is 31.1 Å². The molecule has 0 heterocycles. The second-order valence-corrected chi connectivity index (χ2v) is 1.86. The van der Waals surface area contributed by atoms with E-state index in [1.807, 2.05) is 25.1 Å². The van der Waals surface area contributed by atoms with Crippen molar-refractivity contribution in [3.8, 4) is 5.75 Å². The molecule has 1 aromatic rings. The van der Waals surface area contributed by atoms with Gasteiger partial charge in [0.25, 0.3) is 0 Å². The van der Waals surface area contributed by atoms with E-state index in [2.05, 4.69) is 6.07 Å². The Bertz CT molecular complexity index is 198. The van der Waals surface area contributed by atoms with Crippen molar-refractivity contribution < 1.29 is 35.9 Å². The molecule has 1 aromatic carbocycles. The fraction of sp³-hybridized carbons (Fsp3) is 0.250. The molecule has 0 N–H and O–H groups in total. The second kappa shape index (κ2) is 4.82. The minimum Gasteiger partial charge on any atom is -0.554 e. The summed E-state index contributed by atoms with van der Waals surface area (Å²) in [5.74, 6) is 0.900. The maximum absolute atomic E-state index is 5.01. The van der Waals surface area contributed by atoms with Crippen molar-refractivity contribution in [3.63, 3.8) is 0 Å². The van der Waals surface area contributed by atoms with Crippen LogP contribution in [-0.2, 0) is 0 Å². The normalized spacial score (nSPS) is 8.20. The number of hydrogen-bond donors (Lipinski definition) is 0. The van der Waals surface area contributed by atoms with Gasteiger partial charge >= 0.3 is 0 Å². The van der Waals surface area contributed by atoms with E-state index in [9.17, 15) is 0 Å². The Kier molecular flexibility index (Phi) is 4.86. The first-order valence-electron chi connectivity index (χ1n) is 2.86. The molecule has 10 heavy (non-hydrogen) atoms. The number of rotatable bonds is 1. The second-order valence-electron chi connectivity index (χ2n) is 1.86. The maximum atomic E-state index is 5.01. The largest absolute Gasteiger partial charge is 0.554 e. The van der Waals surface area contributed by atoms with Crippen molar-refractivity contribution in [1.29, 1.82) is 0 Å². The first kappa shape index (κ1) is 10.1. The molecule has 0 spiro atoms. The van der Waals surface area contributed by atoms with E-state index in [1.165, 1.54) is 0 Å². The number of hydrogen-bond acceptors (Lipinski definition) is 1. The first-order valence-corrected chi connectivity index (χ1v) is 2.86. The fourth-order valence-corrected chi connectivity index (χ4v) is 0.726. The zero-order valence-corrected chi connectivity index (χ0v) is 10.3. The molecule has 0 unspecified atom stereocenters. The Morgan fingerprint density at radius 3 is 2.60 bits per heavy atom. The SMILES string of the molecule is COc1ccc[c-]c1C.[U]. The van der Waals surface area contributed by atoms with Crippen molar-refractivity contribution in [2.75, 3.05) is 7.11 Å². The van der Waals surface area contributed by atoms with Gasteiger partial charge in [0.15, 0.2) is 0 Å². The van der Waals surface area contributed by atoms with Crippen LogP contribution in [0.2, 0.25) is 0 Å². The van der Waals surface area contributed by atoms with E-state index in [1.54, 1.807) is 7.11 Å². The molecular weight excluding hydrogens is 350 g/mol. The van der Waals surface area contributed by atoms with Crippen LogP contribution in [0.15, 0.2) is 18.2 Å². The summed E-state index contributed by atoms with van der Waals surface area (Å²) in [6.45, 7) is 1.97. The number of methoxy groups -OCH3 is 1. The maximum Gasteiger partial charge on any atom is 0.0607 e. The van der Waals surface area contributed by atoms with Gasteiger partial charge in [-0.3, -0.25) is 0 Å². The summed E-state index contributed by atoms with van der Waals surface area (Å²) in [5, 5.41) is 0. The predicted molar refractivity (Wildman–Crippen MR) is 36.6 cm³/mol. The summed E-state index contributed by atoms with van der Waals surface area (Å²) < 4.78 is 5.01. The summed E-state index contributed by atoms with van der Waals surface area (Å²) in [6.07, 6.45) is 0. The van der Waals surface area contributed by atoms with Crippen LogP contribution in [-0.4, -0.2) is 7.11 Å². The van der Waals surface area contributed by atoms with Gasteiger partial charge in [0.1, 0.15) is 0 Å². The van der Waals surface area contributed by atoms with Crippen LogP contribution in [0, 0.1) is 44.1 Å². The summed E-state index contributed by atoms with van der Waals surface area (Å²) in [7, 11) is 1.66. The van der Waals surface area contributed by atoms with Gasteiger partial charge < -0.3 is 4.74 Å². The standard InChI is InChI=1S/C8H9O.U/c1-7-5-3-4-6-8(7)9-2;/h3-4,6H,1-2H3;/q-1;. The van der Waals surface area contributed by atoms with Crippen LogP contribution >= 0.6 is 0 Å². The van der Waals surface area contributed by atoms with Gasteiger partial charge in [-0.25, -0.2) is 0 Å². The molecule has 0 saturated heterocycles. The van der Waals surface area contributed by atoms with E-state index in [4.69, 9.17) is 4.74 Å². The van der Waals surface area contributed by atoms with Crippen LogP contribution in [0.3, 0.4) is 0 Å². The molecule has 1 rings (SSSR count). The average molecular weight is 359 g/mol. The first-order chi connectivity index (χ1) is 4.34. The van der Waals surface area contributed by atoms with E-state index >= 15 is 0 Å². The van der Waals surface area contributed by atoms with E-state index < -0.39 is 0 Å². The Morgan fingerprint density at radius 2 is 2.20 bits per heavy atom. The van der Waals surface area contributed by atoms with Crippen molar-refractivity contribution in [2.24, 2.45) is 0 Å². The Labute approximate surface area is 85.2 Å². The van der Waals surface area contributed by atoms with Gasteiger partial charge in [-0.05, 0) is 0 Å². The van der Waals surface area contributed by atoms with Gasteiger partial charge in [-0.2, -0.15) is 18.2 Å². The molecule has 1 nitrogen and oxygen atoms in total. The topological polar surface area (TPSA) is 9.23 Å². The number of benzene rings is 1. The minimum atomic E-state index is 0.